The fourth-order valence-electron chi connectivity index (χ4n) is 3.45. The Kier molecular flexibility index (Phi) is 5.01. The second-order valence-electron chi connectivity index (χ2n) is 7.99. The summed E-state index contributed by atoms with van der Waals surface area (Å²) in [7, 11) is 0. The number of carbonyl (C=O) groups is 1. The van der Waals surface area contributed by atoms with Crippen LogP contribution in [0.3, 0.4) is 0 Å². The maximum Gasteiger partial charge on any atom is 0.411 e. The van der Waals surface area contributed by atoms with Crippen LogP contribution in [0.25, 0.3) is 21.6 Å². The molecule has 2 fully saturated rings. The molecule has 2 aromatic heterocycles. The number of nitrogens with zero attached hydrogens (tertiary/aromatic N) is 1. The van der Waals surface area contributed by atoms with Crippen LogP contribution in [-0.2, 0) is 10.2 Å². The van der Waals surface area contributed by atoms with Crippen molar-refractivity contribution >= 4 is 34.7 Å². The molecule has 5 nitrogen and oxygen atoms in total. The van der Waals surface area contributed by atoms with Gasteiger partial charge in [0.2, 0.25) is 0 Å². The predicted molar refractivity (Wildman–Crippen MR) is 119 cm³/mol. The van der Waals surface area contributed by atoms with Crippen molar-refractivity contribution in [1.29, 1.82) is 0 Å². The smallest absolute Gasteiger partial charge is 0.411 e. The predicted octanol–water partition coefficient (Wildman–Crippen LogP) is 5.87. The van der Waals surface area contributed by atoms with Crippen molar-refractivity contribution in [2.45, 2.75) is 37.2 Å². The van der Waals surface area contributed by atoms with E-state index in [0.29, 0.717) is 10.7 Å². The average molecular weight is 441 g/mol. The fraction of sp³-hybridized carbons (Fsp3) is 0.304. The van der Waals surface area contributed by atoms with Crippen molar-refractivity contribution < 1.29 is 14.6 Å². The van der Waals surface area contributed by atoms with Gasteiger partial charge in [-0.3, -0.25) is 10.3 Å². The molecule has 0 saturated heterocycles. The van der Waals surface area contributed by atoms with Crippen LogP contribution in [-0.4, -0.2) is 28.9 Å². The molecule has 0 aliphatic heterocycles. The van der Waals surface area contributed by atoms with Gasteiger partial charge in [-0.25, -0.2) is 4.79 Å². The molecule has 2 aliphatic carbocycles. The molecule has 2 heterocycles. The summed E-state index contributed by atoms with van der Waals surface area (Å²) in [6, 6.07) is 11.7. The van der Waals surface area contributed by atoms with E-state index in [1.165, 1.54) is 0 Å². The molecule has 3 aromatic rings. The lowest BCUT2D eigenvalue weighted by molar-refractivity contribution is 0.154. The summed E-state index contributed by atoms with van der Waals surface area (Å²) in [5.41, 5.74) is 4.52. The molecule has 5 rings (SSSR count). The average Bonchev–Trinajstić information content (AvgIpc) is 3.67. The van der Waals surface area contributed by atoms with E-state index in [9.17, 15) is 9.90 Å². The lowest BCUT2D eigenvalue weighted by atomic mass is 9.99. The maximum absolute atomic E-state index is 11.8. The van der Waals surface area contributed by atoms with Crippen LogP contribution in [0.4, 0.5) is 10.5 Å². The van der Waals surface area contributed by atoms with Crippen molar-refractivity contribution in [2.24, 2.45) is 0 Å². The molecular formula is C23H21ClN2O3S. The topological polar surface area (TPSA) is 71.5 Å². The first-order valence-corrected chi connectivity index (χ1v) is 11.3. The van der Waals surface area contributed by atoms with Crippen molar-refractivity contribution in [3.63, 3.8) is 0 Å². The molecule has 1 amide bonds. The number of hydrogen-bond donors (Lipinski definition) is 2. The SMILES string of the molecule is O=C(Nc1ccc(-c2cc(-c3ccnc(C4(CO)CC4)c3)cs2)c(Cl)c1)OC1CC1. The Bertz CT molecular complexity index is 1110. The van der Waals surface area contributed by atoms with Gasteiger partial charge in [-0.2, -0.15) is 0 Å². The zero-order valence-corrected chi connectivity index (χ0v) is 17.8. The highest BCUT2D eigenvalue weighted by molar-refractivity contribution is 7.14. The first-order chi connectivity index (χ1) is 14.6. The van der Waals surface area contributed by atoms with E-state index in [-0.39, 0.29) is 18.1 Å². The summed E-state index contributed by atoms with van der Waals surface area (Å²) in [4.78, 5) is 17.3. The number of amides is 1. The number of aliphatic hydroxyl groups is 1. The van der Waals surface area contributed by atoms with Gasteiger partial charge in [0, 0.05) is 33.4 Å². The first-order valence-electron chi connectivity index (χ1n) is 10.0. The number of benzene rings is 1. The molecule has 7 heteroatoms. The molecule has 0 spiro atoms. The Labute approximate surface area is 183 Å². The van der Waals surface area contributed by atoms with Gasteiger partial charge in [-0.05, 0) is 78.6 Å². The van der Waals surface area contributed by atoms with Crippen molar-refractivity contribution in [3.8, 4) is 21.6 Å². The molecule has 0 radical (unpaired) electrons. The lowest BCUT2D eigenvalue weighted by Gasteiger charge is -2.11. The van der Waals surface area contributed by atoms with Gasteiger partial charge in [-0.1, -0.05) is 11.6 Å². The lowest BCUT2D eigenvalue weighted by Crippen LogP contribution is -2.14. The largest absolute Gasteiger partial charge is 0.446 e. The molecule has 2 N–H and O–H groups in total. The summed E-state index contributed by atoms with van der Waals surface area (Å²) in [6.45, 7) is 0.141. The van der Waals surface area contributed by atoms with Gasteiger partial charge < -0.3 is 9.84 Å². The highest BCUT2D eigenvalue weighted by atomic mass is 35.5. The molecular weight excluding hydrogens is 420 g/mol. The normalized spacial score (nSPS) is 16.9. The van der Waals surface area contributed by atoms with Gasteiger partial charge in [-0.15, -0.1) is 11.3 Å². The van der Waals surface area contributed by atoms with Crippen LogP contribution in [0.5, 0.6) is 0 Å². The first kappa shape index (κ1) is 19.5. The second kappa shape index (κ2) is 7.69. The number of ether oxygens (including phenoxy) is 1. The van der Waals surface area contributed by atoms with Crippen molar-refractivity contribution in [3.05, 3.63) is 58.7 Å². The van der Waals surface area contributed by atoms with Gasteiger partial charge >= 0.3 is 6.09 Å². The molecule has 1 aromatic carbocycles. The van der Waals surface area contributed by atoms with E-state index in [2.05, 4.69) is 27.8 Å². The van der Waals surface area contributed by atoms with Crippen LogP contribution in [0.1, 0.15) is 31.4 Å². The maximum atomic E-state index is 11.8. The molecule has 0 atom stereocenters. The number of aliphatic hydroxyl groups excluding tert-OH is 1. The highest BCUT2D eigenvalue weighted by Crippen LogP contribution is 2.47. The van der Waals surface area contributed by atoms with E-state index < -0.39 is 6.09 Å². The molecule has 2 saturated carbocycles. The third-order valence-electron chi connectivity index (χ3n) is 5.67. The number of anilines is 1. The van der Waals surface area contributed by atoms with Crippen LogP contribution in [0.2, 0.25) is 5.02 Å². The number of nitrogens with one attached hydrogen (secondary N) is 1. The summed E-state index contributed by atoms with van der Waals surface area (Å²) in [5.74, 6) is 0. The van der Waals surface area contributed by atoms with Crippen LogP contribution >= 0.6 is 22.9 Å². The molecule has 2 aliphatic rings. The number of rotatable bonds is 6. The summed E-state index contributed by atoms with van der Waals surface area (Å²) < 4.78 is 5.21. The van der Waals surface area contributed by atoms with E-state index in [4.69, 9.17) is 16.3 Å². The third-order valence-corrected chi connectivity index (χ3v) is 6.95. The molecule has 0 unspecified atom stereocenters. The zero-order valence-electron chi connectivity index (χ0n) is 16.2. The summed E-state index contributed by atoms with van der Waals surface area (Å²) in [6.07, 6.45) is 5.28. The number of hydrogen-bond acceptors (Lipinski definition) is 5. The Balaban J connectivity index is 1.35. The minimum atomic E-state index is -0.440. The number of pyridine rings is 1. The van der Waals surface area contributed by atoms with Crippen LogP contribution in [0.15, 0.2) is 48.0 Å². The number of aromatic nitrogens is 1. The number of carbonyl (C=O) groups excluding carboxylic acids is 1. The van der Waals surface area contributed by atoms with Crippen molar-refractivity contribution in [1.82, 2.24) is 4.98 Å². The molecule has 30 heavy (non-hydrogen) atoms. The number of halogens is 1. The molecule has 154 valence electrons. The third kappa shape index (κ3) is 3.95. The van der Waals surface area contributed by atoms with Gasteiger partial charge in [0.05, 0.1) is 11.6 Å². The fourth-order valence-corrected chi connectivity index (χ4v) is 4.75. The van der Waals surface area contributed by atoms with Gasteiger partial charge in [0.1, 0.15) is 6.10 Å². The minimum absolute atomic E-state index is 0.0603. The molecule has 0 bridgehead atoms. The van der Waals surface area contributed by atoms with Crippen molar-refractivity contribution in [2.75, 3.05) is 11.9 Å². The Morgan fingerprint density at radius 2 is 2.07 bits per heavy atom. The van der Waals surface area contributed by atoms with E-state index in [1.807, 2.05) is 24.4 Å². The minimum Gasteiger partial charge on any atom is -0.446 e. The zero-order chi connectivity index (χ0) is 20.7. The van der Waals surface area contributed by atoms with E-state index >= 15 is 0 Å². The summed E-state index contributed by atoms with van der Waals surface area (Å²) >= 11 is 8.13. The summed E-state index contributed by atoms with van der Waals surface area (Å²) in [5, 5.41) is 15.1. The van der Waals surface area contributed by atoms with Crippen LogP contribution < -0.4 is 5.32 Å². The Hall–Kier alpha value is -2.41. The Morgan fingerprint density at radius 3 is 2.77 bits per heavy atom. The Morgan fingerprint density at radius 1 is 1.23 bits per heavy atom. The quantitative estimate of drug-likeness (QED) is 0.503. The monoisotopic (exact) mass is 440 g/mol. The van der Waals surface area contributed by atoms with Crippen LogP contribution in [0, 0.1) is 0 Å². The standard InChI is InChI=1S/C23H21ClN2O3S/c24-19-11-16(26-22(28)29-17-2-3-17)1-4-18(19)20-9-15(12-30-20)14-5-8-25-21(10-14)23(13-27)6-7-23/h1,4-5,8-12,17,27H,2-3,6-7,13H2,(H,26,28). The second-order valence-corrected chi connectivity index (χ2v) is 9.31. The van der Waals surface area contributed by atoms with E-state index in [0.717, 1.165) is 52.9 Å². The van der Waals surface area contributed by atoms with E-state index in [1.54, 1.807) is 17.4 Å². The van der Waals surface area contributed by atoms with Gasteiger partial charge in [0.15, 0.2) is 0 Å². The van der Waals surface area contributed by atoms with Gasteiger partial charge in [0.25, 0.3) is 0 Å². The highest BCUT2D eigenvalue weighted by Gasteiger charge is 2.45. The number of thiophene rings is 1.